The molecule has 0 saturated heterocycles. The van der Waals surface area contributed by atoms with Gasteiger partial charge in [-0.15, -0.1) is 0 Å². The highest BCUT2D eigenvalue weighted by atomic mass is 16.1. The molecule has 0 unspecified atom stereocenters. The van der Waals surface area contributed by atoms with Crippen LogP contribution in [-0.2, 0) is 6.54 Å². The van der Waals surface area contributed by atoms with Crippen LogP contribution in [0.5, 0.6) is 0 Å². The summed E-state index contributed by atoms with van der Waals surface area (Å²) in [5.74, 6) is 0.689. The number of fused-ring (bicyclic) bond motifs is 1. The van der Waals surface area contributed by atoms with Gasteiger partial charge in [-0.05, 0) is 48.6 Å². The molecule has 1 aromatic carbocycles. The smallest absolute Gasteiger partial charge is 0.272 e. The number of rotatable bonds is 4. The second-order valence-corrected chi connectivity index (χ2v) is 7.24. The number of aromatic nitrogens is 3. The molecule has 4 rings (SSSR count). The Hall–Kier alpha value is -2.69. The van der Waals surface area contributed by atoms with Gasteiger partial charge in [0.2, 0.25) is 0 Å². The van der Waals surface area contributed by atoms with Crippen molar-refractivity contribution >= 4 is 16.5 Å². The average molecular weight is 348 g/mol. The van der Waals surface area contributed by atoms with Gasteiger partial charge < -0.3 is 4.90 Å². The monoisotopic (exact) mass is 348 g/mol. The van der Waals surface area contributed by atoms with Gasteiger partial charge in [-0.1, -0.05) is 25.3 Å². The first kappa shape index (κ1) is 16.8. The summed E-state index contributed by atoms with van der Waals surface area (Å²) in [6.45, 7) is 0.729. The highest BCUT2D eigenvalue weighted by Crippen LogP contribution is 2.32. The van der Waals surface area contributed by atoms with E-state index in [0.29, 0.717) is 11.3 Å². The Kier molecular flexibility index (Phi) is 4.69. The molecule has 26 heavy (non-hydrogen) atoms. The quantitative estimate of drug-likeness (QED) is 0.774. The molecular weight excluding hydrogens is 324 g/mol. The third-order valence-corrected chi connectivity index (χ3v) is 5.41. The molecule has 1 aliphatic rings. The summed E-state index contributed by atoms with van der Waals surface area (Å²) in [4.78, 5) is 18.6. The van der Waals surface area contributed by atoms with Crippen molar-refractivity contribution in [2.45, 2.75) is 44.6 Å². The number of aromatic amines is 1. The van der Waals surface area contributed by atoms with Gasteiger partial charge in [0.1, 0.15) is 0 Å². The Balaban J connectivity index is 1.49. The van der Waals surface area contributed by atoms with E-state index in [4.69, 9.17) is 0 Å². The first-order valence-electron chi connectivity index (χ1n) is 9.34. The molecule has 0 atom stereocenters. The molecule has 0 radical (unpaired) electrons. The predicted octanol–water partition coefficient (Wildman–Crippen LogP) is 4.00. The lowest BCUT2D eigenvalue weighted by Gasteiger charge is -2.22. The van der Waals surface area contributed by atoms with Crippen molar-refractivity contribution in [1.82, 2.24) is 15.2 Å². The minimum absolute atomic E-state index is 0.156. The molecule has 1 saturated carbocycles. The van der Waals surface area contributed by atoms with Gasteiger partial charge in [0.15, 0.2) is 0 Å². The van der Waals surface area contributed by atoms with E-state index in [1.54, 1.807) is 6.20 Å². The maximum absolute atomic E-state index is 11.8. The molecule has 3 aromatic rings. The van der Waals surface area contributed by atoms with Crippen molar-refractivity contribution < 1.29 is 0 Å². The Morgan fingerprint density at radius 1 is 1.12 bits per heavy atom. The molecule has 1 fully saturated rings. The summed E-state index contributed by atoms with van der Waals surface area (Å²) in [6, 6.07) is 10.2. The maximum Gasteiger partial charge on any atom is 0.272 e. The summed E-state index contributed by atoms with van der Waals surface area (Å²) >= 11 is 0. The summed E-state index contributed by atoms with van der Waals surface area (Å²) in [7, 11) is 2.04. The van der Waals surface area contributed by atoms with E-state index in [-0.39, 0.29) is 5.56 Å². The van der Waals surface area contributed by atoms with Crippen LogP contribution >= 0.6 is 0 Å². The summed E-state index contributed by atoms with van der Waals surface area (Å²) in [5.41, 5.74) is 3.32. The number of pyridine rings is 1. The van der Waals surface area contributed by atoms with E-state index in [0.717, 1.165) is 23.3 Å². The Labute approximate surface area is 153 Å². The third kappa shape index (κ3) is 3.47. The molecule has 0 aliphatic heterocycles. The topological polar surface area (TPSA) is 61.9 Å². The van der Waals surface area contributed by atoms with Gasteiger partial charge >= 0.3 is 0 Å². The van der Waals surface area contributed by atoms with Crippen LogP contribution in [-0.4, -0.2) is 22.2 Å². The van der Waals surface area contributed by atoms with E-state index in [9.17, 15) is 4.79 Å². The van der Waals surface area contributed by atoms with Crippen LogP contribution in [0.1, 0.15) is 49.3 Å². The molecule has 0 bridgehead atoms. The summed E-state index contributed by atoms with van der Waals surface area (Å²) < 4.78 is 0. The predicted molar refractivity (Wildman–Crippen MR) is 105 cm³/mol. The van der Waals surface area contributed by atoms with E-state index in [1.165, 1.54) is 37.7 Å². The van der Waals surface area contributed by atoms with E-state index in [1.807, 2.05) is 25.2 Å². The van der Waals surface area contributed by atoms with Crippen LogP contribution in [0.25, 0.3) is 10.8 Å². The fourth-order valence-electron chi connectivity index (χ4n) is 3.86. The van der Waals surface area contributed by atoms with E-state index < -0.39 is 0 Å². The van der Waals surface area contributed by atoms with Crippen molar-refractivity contribution in [2.24, 2.45) is 0 Å². The lowest BCUT2D eigenvalue weighted by Crippen LogP contribution is -2.17. The molecule has 0 spiro atoms. The van der Waals surface area contributed by atoms with Gasteiger partial charge in [0.05, 0.1) is 23.8 Å². The van der Waals surface area contributed by atoms with E-state index in [2.05, 4.69) is 38.4 Å². The van der Waals surface area contributed by atoms with Gasteiger partial charge in [-0.25, -0.2) is 5.10 Å². The van der Waals surface area contributed by atoms with Gasteiger partial charge in [-0.3, -0.25) is 9.78 Å². The number of anilines is 1. The van der Waals surface area contributed by atoms with E-state index >= 15 is 0 Å². The molecule has 0 amide bonds. The van der Waals surface area contributed by atoms with Crippen molar-refractivity contribution in [2.75, 3.05) is 11.9 Å². The van der Waals surface area contributed by atoms with Crippen molar-refractivity contribution in [3.8, 4) is 0 Å². The van der Waals surface area contributed by atoms with Crippen LogP contribution in [0.15, 0.2) is 47.5 Å². The second kappa shape index (κ2) is 7.28. The van der Waals surface area contributed by atoms with Crippen LogP contribution in [0, 0.1) is 0 Å². The van der Waals surface area contributed by atoms with Crippen LogP contribution in [0.4, 0.5) is 5.69 Å². The zero-order valence-corrected chi connectivity index (χ0v) is 15.1. The molecule has 2 aromatic heterocycles. The fourth-order valence-corrected chi connectivity index (χ4v) is 3.86. The second-order valence-electron chi connectivity index (χ2n) is 7.24. The maximum atomic E-state index is 11.8. The van der Waals surface area contributed by atoms with Crippen LogP contribution in [0.3, 0.4) is 0 Å². The Bertz CT molecular complexity index is 942. The lowest BCUT2D eigenvalue weighted by molar-refractivity contribution is 0.442. The third-order valence-electron chi connectivity index (χ3n) is 5.41. The number of hydrogen-bond donors (Lipinski definition) is 1. The standard InChI is InChI=1S/C21H24N4O/c1-25(19-9-10-20-17(11-19)13-23-24-21(20)26)14-18-8-7-16(12-22-18)15-5-3-2-4-6-15/h7-13,15H,2-6,14H2,1H3,(H,24,26). The molecular formula is C21H24N4O. The number of H-pyrrole nitrogens is 1. The van der Waals surface area contributed by atoms with Crippen molar-refractivity contribution in [3.63, 3.8) is 0 Å². The SMILES string of the molecule is CN(Cc1ccc(C2CCCCC2)cn1)c1ccc2c(=O)[nH]ncc2c1. The van der Waals surface area contributed by atoms with Gasteiger partial charge in [0.25, 0.3) is 5.56 Å². The molecule has 5 heteroatoms. The van der Waals surface area contributed by atoms with Crippen molar-refractivity contribution in [3.05, 3.63) is 64.3 Å². The molecule has 2 heterocycles. The van der Waals surface area contributed by atoms with Gasteiger partial charge in [0, 0.05) is 24.3 Å². The zero-order valence-electron chi connectivity index (χ0n) is 15.1. The number of benzene rings is 1. The average Bonchev–Trinajstić information content (AvgIpc) is 2.69. The minimum atomic E-state index is -0.156. The largest absolute Gasteiger partial charge is 0.369 e. The van der Waals surface area contributed by atoms with Gasteiger partial charge in [-0.2, -0.15) is 5.10 Å². The van der Waals surface area contributed by atoms with Crippen molar-refractivity contribution in [1.29, 1.82) is 0 Å². The lowest BCUT2D eigenvalue weighted by atomic mass is 9.85. The first-order chi connectivity index (χ1) is 12.7. The number of nitrogens with one attached hydrogen (secondary N) is 1. The molecule has 1 aliphatic carbocycles. The highest BCUT2D eigenvalue weighted by Gasteiger charge is 2.15. The fraction of sp³-hybridized carbons (Fsp3) is 0.381. The number of nitrogens with zero attached hydrogens (tertiary/aromatic N) is 3. The molecule has 1 N–H and O–H groups in total. The number of hydrogen-bond acceptors (Lipinski definition) is 4. The Morgan fingerprint density at radius 3 is 2.73 bits per heavy atom. The summed E-state index contributed by atoms with van der Waals surface area (Å²) in [5, 5.41) is 7.85. The molecule has 134 valence electrons. The zero-order chi connectivity index (χ0) is 17.9. The Morgan fingerprint density at radius 2 is 1.96 bits per heavy atom. The van der Waals surface area contributed by atoms with Crippen LogP contribution in [0.2, 0.25) is 0 Å². The normalized spacial score (nSPS) is 15.3. The highest BCUT2D eigenvalue weighted by molar-refractivity contribution is 5.84. The summed E-state index contributed by atoms with van der Waals surface area (Å²) in [6.07, 6.45) is 10.4. The minimum Gasteiger partial charge on any atom is -0.369 e. The molecule has 5 nitrogen and oxygen atoms in total. The van der Waals surface area contributed by atoms with Crippen LogP contribution < -0.4 is 10.5 Å². The first-order valence-corrected chi connectivity index (χ1v) is 9.34.